The van der Waals surface area contributed by atoms with Crippen LogP contribution in [0.1, 0.15) is 25.3 Å². The van der Waals surface area contributed by atoms with Crippen molar-refractivity contribution in [2.24, 2.45) is 5.41 Å². The molecule has 0 atom stereocenters. The number of hydrogen-bond donors (Lipinski definition) is 1. The molecule has 0 radical (unpaired) electrons. The second-order valence-electron chi connectivity index (χ2n) is 9.74. The highest BCUT2D eigenvalue weighted by Crippen LogP contribution is 2.40. The van der Waals surface area contributed by atoms with Crippen LogP contribution in [0.25, 0.3) is 11.1 Å². The number of fused-ring (bicyclic) bond motifs is 1. The maximum atomic E-state index is 14.2. The van der Waals surface area contributed by atoms with Gasteiger partial charge >= 0.3 is 12.1 Å². The summed E-state index contributed by atoms with van der Waals surface area (Å²) in [6, 6.07) is 10.4. The Balaban J connectivity index is 0.000000328. The van der Waals surface area contributed by atoms with Crippen molar-refractivity contribution < 1.29 is 49.7 Å². The van der Waals surface area contributed by atoms with E-state index >= 15 is 0 Å². The van der Waals surface area contributed by atoms with Gasteiger partial charge in [-0.05, 0) is 73.9 Å². The van der Waals surface area contributed by atoms with Crippen molar-refractivity contribution in [3.63, 3.8) is 0 Å². The summed E-state index contributed by atoms with van der Waals surface area (Å²) in [7, 11) is -4.39. The van der Waals surface area contributed by atoms with Gasteiger partial charge in [0, 0.05) is 18.8 Å². The van der Waals surface area contributed by atoms with E-state index in [-0.39, 0.29) is 35.7 Å². The average Bonchev–Trinajstić information content (AvgIpc) is 2.94. The van der Waals surface area contributed by atoms with Crippen LogP contribution >= 0.6 is 0 Å². The molecule has 3 aromatic rings. The Hall–Kier alpha value is -3.71. The number of carbonyl (C=O) groups is 1. The lowest BCUT2D eigenvalue weighted by Gasteiger charge is -2.31. The number of halogens is 5. The second kappa shape index (κ2) is 11.6. The molecule has 0 aliphatic carbocycles. The van der Waals surface area contributed by atoms with Gasteiger partial charge in [0.1, 0.15) is 24.0 Å². The van der Waals surface area contributed by atoms with Crippen molar-refractivity contribution in [1.29, 1.82) is 0 Å². The monoisotopic (exact) mass is 599 g/mol. The van der Waals surface area contributed by atoms with E-state index in [1.54, 1.807) is 6.92 Å². The number of carboxylic acid groups (broad SMARTS) is 1. The predicted molar refractivity (Wildman–Crippen MR) is 139 cm³/mol. The van der Waals surface area contributed by atoms with Crippen molar-refractivity contribution in [3.05, 3.63) is 77.9 Å². The van der Waals surface area contributed by atoms with Crippen LogP contribution < -0.4 is 9.04 Å². The Morgan fingerprint density at radius 1 is 0.976 bits per heavy atom. The fourth-order valence-corrected chi connectivity index (χ4v) is 5.82. The Labute approximate surface area is 233 Å². The smallest absolute Gasteiger partial charge is 0.416 e. The van der Waals surface area contributed by atoms with Gasteiger partial charge in [0.15, 0.2) is 0 Å². The summed E-state index contributed by atoms with van der Waals surface area (Å²) in [5.74, 6) is -1.94. The predicted octanol–water partition coefficient (Wildman–Crippen LogP) is 6.13. The summed E-state index contributed by atoms with van der Waals surface area (Å²) in [5.41, 5.74) is -1.52. The molecular weight excluding hydrogens is 573 g/mol. The minimum absolute atomic E-state index is 0.0184. The minimum atomic E-state index is -4.71. The topological polar surface area (TPSA) is 93.1 Å². The summed E-state index contributed by atoms with van der Waals surface area (Å²) in [5, 5.41) is 8.74. The zero-order valence-corrected chi connectivity index (χ0v) is 22.6. The lowest BCUT2D eigenvalue weighted by Crippen LogP contribution is -2.38. The van der Waals surface area contributed by atoms with Gasteiger partial charge in [-0.15, -0.1) is 0 Å². The number of benzene rings is 3. The van der Waals surface area contributed by atoms with E-state index in [9.17, 15) is 35.2 Å². The molecule has 1 N–H and O–H groups in total. The highest BCUT2D eigenvalue weighted by molar-refractivity contribution is 7.92. The Kier molecular flexibility index (Phi) is 8.59. The van der Waals surface area contributed by atoms with Crippen LogP contribution in [0.3, 0.4) is 0 Å². The number of rotatable bonds is 4. The van der Waals surface area contributed by atoms with Gasteiger partial charge in [0.25, 0.3) is 10.0 Å². The van der Waals surface area contributed by atoms with Crippen LogP contribution in [0.4, 0.5) is 27.6 Å². The molecule has 13 heteroatoms. The first-order valence-corrected chi connectivity index (χ1v) is 13.9. The molecule has 0 unspecified atom stereocenters. The third kappa shape index (κ3) is 6.62. The lowest BCUT2D eigenvalue weighted by molar-refractivity contribution is -0.153. The Bertz CT molecular complexity index is 1540. The fraction of sp³-hybridized carbons (Fsp3) is 0.321. The maximum absolute atomic E-state index is 14.2. The second-order valence-corrected chi connectivity index (χ2v) is 11.6. The minimum Gasteiger partial charge on any atom is -0.489 e. The standard InChI is InChI=1S/C21H14F5NO3S.C7H12O3/c22-15-5-6-18(23)17(12-15)13-4-7-20-19(10-13)27(8-9-30-20)31(28,29)16-3-1-2-14(11-16)21(24,25)26;1-7(6(8)9)2-4-10-5-3-7/h1-7,10-12H,8-9H2;2-5H2,1H3,(H,8,9). The Morgan fingerprint density at radius 2 is 1.68 bits per heavy atom. The van der Waals surface area contributed by atoms with Crippen molar-refractivity contribution in [2.45, 2.75) is 30.8 Å². The summed E-state index contributed by atoms with van der Waals surface area (Å²) in [6.45, 7) is 2.75. The number of sulfonamides is 1. The number of alkyl halides is 3. The molecule has 0 bridgehead atoms. The van der Waals surface area contributed by atoms with Crippen LogP contribution in [0.15, 0.2) is 65.6 Å². The number of hydrogen-bond acceptors (Lipinski definition) is 5. The van der Waals surface area contributed by atoms with Gasteiger partial charge in [0.05, 0.1) is 28.1 Å². The summed E-state index contributed by atoms with van der Waals surface area (Å²) < 4.78 is 105. The molecular formula is C28H26F5NO6S. The molecule has 2 aliphatic rings. The normalized spacial score (nSPS) is 16.6. The molecule has 41 heavy (non-hydrogen) atoms. The van der Waals surface area contributed by atoms with E-state index in [1.165, 1.54) is 18.2 Å². The van der Waals surface area contributed by atoms with Crippen LogP contribution in [0, 0.1) is 17.0 Å². The quantitative estimate of drug-likeness (QED) is 0.363. The zero-order chi connectivity index (χ0) is 30.0. The molecule has 3 aromatic carbocycles. The average molecular weight is 600 g/mol. The van der Waals surface area contributed by atoms with Gasteiger partial charge in [-0.25, -0.2) is 17.2 Å². The van der Waals surface area contributed by atoms with Gasteiger partial charge in [-0.1, -0.05) is 12.1 Å². The molecule has 0 saturated carbocycles. The molecule has 1 fully saturated rings. The number of anilines is 1. The van der Waals surface area contributed by atoms with E-state index in [2.05, 4.69) is 0 Å². The first kappa shape index (κ1) is 30.3. The van der Waals surface area contributed by atoms with Gasteiger partial charge < -0.3 is 14.6 Å². The molecule has 7 nitrogen and oxygen atoms in total. The van der Waals surface area contributed by atoms with Crippen LogP contribution in [0.5, 0.6) is 5.75 Å². The van der Waals surface area contributed by atoms with E-state index < -0.39 is 49.7 Å². The van der Waals surface area contributed by atoms with Crippen LogP contribution in [-0.4, -0.2) is 45.9 Å². The number of carboxylic acids is 1. The number of nitrogens with zero attached hydrogens (tertiary/aromatic N) is 1. The third-order valence-corrected chi connectivity index (χ3v) is 8.69. The van der Waals surface area contributed by atoms with Crippen LogP contribution in [-0.2, 0) is 25.7 Å². The molecule has 0 spiro atoms. The molecule has 0 aromatic heterocycles. The summed E-state index contributed by atoms with van der Waals surface area (Å²) in [4.78, 5) is 10.1. The number of aliphatic carboxylic acids is 1. The van der Waals surface area contributed by atoms with Gasteiger partial charge in [-0.3, -0.25) is 9.10 Å². The summed E-state index contributed by atoms with van der Waals surface area (Å²) >= 11 is 0. The summed E-state index contributed by atoms with van der Waals surface area (Å²) in [6.07, 6.45) is -3.43. The number of ether oxygens (including phenoxy) is 2. The van der Waals surface area contributed by atoms with Crippen molar-refractivity contribution >= 4 is 21.7 Å². The van der Waals surface area contributed by atoms with Crippen molar-refractivity contribution in [3.8, 4) is 16.9 Å². The SMILES string of the molecule is CC1(C(=O)O)CCOCC1.O=S(=O)(c1cccc(C(F)(F)F)c1)N1CCOc2ccc(-c3cc(F)ccc3F)cc21. The van der Waals surface area contributed by atoms with E-state index in [0.717, 1.165) is 40.7 Å². The lowest BCUT2D eigenvalue weighted by atomic mass is 9.83. The molecule has 0 amide bonds. The molecule has 2 aliphatic heterocycles. The maximum Gasteiger partial charge on any atom is 0.416 e. The zero-order valence-electron chi connectivity index (χ0n) is 21.7. The Morgan fingerprint density at radius 3 is 2.32 bits per heavy atom. The highest BCUT2D eigenvalue weighted by Gasteiger charge is 2.36. The third-order valence-electron chi connectivity index (χ3n) is 6.88. The van der Waals surface area contributed by atoms with E-state index in [4.69, 9.17) is 14.6 Å². The van der Waals surface area contributed by atoms with Gasteiger partial charge in [0.2, 0.25) is 0 Å². The first-order chi connectivity index (χ1) is 19.2. The van der Waals surface area contributed by atoms with Crippen molar-refractivity contribution in [1.82, 2.24) is 0 Å². The molecule has 5 rings (SSSR count). The van der Waals surface area contributed by atoms with E-state index in [1.807, 2.05) is 0 Å². The van der Waals surface area contributed by atoms with E-state index in [0.29, 0.717) is 32.1 Å². The first-order valence-electron chi connectivity index (χ1n) is 12.5. The molecule has 2 heterocycles. The van der Waals surface area contributed by atoms with Crippen LogP contribution in [0.2, 0.25) is 0 Å². The fourth-order valence-electron chi connectivity index (χ4n) is 4.33. The van der Waals surface area contributed by atoms with Gasteiger partial charge in [-0.2, -0.15) is 13.2 Å². The molecule has 1 saturated heterocycles. The highest BCUT2D eigenvalue weighted by atomic mass is 32.2. The molecule has 220 valence electrons. The van der Waals surface area contributed by atoms with Crippen molar-refractivity contribution in [2.75, 3.05) is 30.7 Å². The largest absolute Gasteiger partial charge is 0.489 e.